The van der Waals surface area contributed by atoms with E-state index < -0.39 is 0 Å². The molecule has 0 heterocycles. The number of rotatable bonds is 8. The highest BCUT2D eigenvalue weighted by atomic mass is 16.1. The number of unbranched alkanes of at least 4 members (excludes halogenated alkanes) is 1. The Balaban J connectivity index is 2.95. The SMILES string of the molecule is CCCCC(C)(CCC)c1ccc(/C=C(\C)C=O)cc1. The molecule has 1 aromatic carbocycles. The summed E-state index contributed by atoms with van der Waals surface area (Å²) >= 11 is 0. The average molecular weight is 272 g/mol. The monoisotopic (exact) mass is 272 g/mol. The van der Waals surface area contributed by atoms with Crippen LogP contribution in [0.5, 0.6) is 0 Å². The molecule has 0 saturated heterocycles. The van der Waals surface area contributed by atoms with Crippen molar-refractivity contribution in [3.63, 3.8) is 0 Å². The first-order chi connectivity index (χ1) is 9.55. The van der Waals surface area contributed by atoms with Crippen molar-refractivity contribution < 1.29 is 4.79 Å². The molecule has 0 radical (unpaired) electrons. The topological polar surface area (TPSA) is 17.1 Å². The Labute approximate surface area is 124 Å². The molecular weight excluding hydrogens is 244 g/mol. The second kappa shape index (κ2) is 8.04. The zero-order valence-electron chi connectivity index (χ0n) is 13.4. The highest BCUT2D eigenvalue weighted by Gasteiger charge is 2.24. The van der Waals surface area contributed by atoms with Gasteiger partial charge in [-0.1, -0.05) is 64.3 Å². The highest BCUT2D eigenvalue weighted by Crippen LogP contribution is 2.34. The maximum absolute atomic E-state index is 10.7. The third-order valence-corrected chi connectivity index (χ3v) is 4.07. The Kier molecular flexibility index (Phi) is 6.70. The zero-order chi connectivity index (χ0) is 15.0. The Morgan fingerprint density at radius 3 is 2.25 bits per heavy atom. The van der Waals surface area contributed by atoms with Gasteiger partial charge in [-0.05, 0) is 48.0 Å². The van der Waals surface area contributed by atoms with Gasteiger partial charge in [0.05, 0.1) is 0 Å². The van der Waals surface area contributed by atoms with Crippen LogP contribution in [0.1, 0.15) is 70.9 Å². The number of allylic oxidation sites excluding steroid dienone is 1. The molecule has 1 rings (SSSR count). The Hall–Kier alpha value is -1.37. The molecule has 0 aliphatic heterocycles. The molecule has 0 aromatic heterocycles. The van der Waals surface area contributed by atoms with Gasteiger partial charge in [-0.2, -0.15) is 0 Å². The van der Waals surface area contributed by atoms with Crippen molar-refractivity contribution >= 4 is 12.4 Å². The van der Waals surface area contributed by atoms with Crippen molar-refractivity contribution in [1.82, 2.24) is 0 Å². The van der Waals surface area contributed by atoms with E-state index in [4.69, 9.17) is 0 Å². The molecule has 0 amide bonds. The smallest absolute Gasteiger partial charge is 0.145 e. The molecule has 1 atom stereocenters. The molecule has 1 unspecified atom stereocenters. The van der Waals surface area contributed by atoms with Crippen LogP contribution in [0.25, 0.3) is 6.08 Å². The number of benzene rings is 1. The average Bonchev–Trinajstić information content (AvgIpc) is 2.46. The van der Waals surface area contributed by atoms with Gasteiger partial charge in [0.25, 0.3) is 0 Å². The number of hydrogen-bond donors (Lipinski definition) is 0. The number of carbonyl (C=O) groups excluding carboxylic acids is 1. The van der Waals surface area contributed by atoms with Gasteiger partial charge in [0.2, 0.25) is 0 Å². The van der Waals surface area contributed by atoms with E-state index in [0.29, 0.717) is 0 Å². The summed E-state index contributed by atoms with van der Waals surface area (Å²) in [4.78, 5) is 10.7. The lowest BCUT2D eigenvalue weighted by molar-refractivity contribution is -0.104. The van der Waals surface area contributed by atoms with Crippen LogP contribution in [0.15, 0.2) is 29.8 Å². The van der Waals surface area contributed by atoms with Crippen molar-refractivity contribution in [3.8, 4) is 0 Å². The van der Waals surface area contributed by atoms with E-state index in [9.17, 15) is 4.79 Å². The Morgan fingerprint density at radius 2 is 1.75 bits per heavy atom. The summed E-state index contributed by atoms with van der Waals surface area (Å²) in [6, 6.07) is 8.72. The van der Waals surface area contributed by atoms with Crippen molar-refractivity contribution in [3.05, 3.63) is 41.0 Å². The summed E-state index contributed by atoms with van der Waals surface area (Å²) in [5, 5.41) is 0. The van der Waals surface area contributed by atoms with Crippen molar-refractivity contribution in [2.75, 3.05) is 0 Å². The van der Waals surface area contributed by atoms with Gasteiger partial charge in [0.15, 0.2) is 0 Å². The first-order valence-corrected chi connectivity index (χ1v) is 7.79. The van der Waals surface area contributed by atoms with Crippen molar-refractivity contribution in [1.29, 1.82) is 0 Å². The molecule has 1 nitrogen and oxygen atoms in total. The second-order valence-corrected chi connectivity index (χ2v) is 6.04. The third-order valence-electron chi connectivity index (χ3n) is 4.07. The van der Waals surface area contributed by atoms with Gasteiger partial charge in [-0.25, -0.2) is 0 Å². The predicted octanol–water partition coefficient (Wildman–Crippen LogP) is 5.54. The number of aldehydes is 1. The first kappa shape index (κ1) is 16.7. The van der Waals surface area contributed by atoms with Crippen LogP contribution in [0.3, 0.4) is 0 Å². The molecule has 0 saturated carbocycles. The molecule has 0 spiro atoms. The molecule has 1 heteroatoms. The van der Waals surface area contributed by atoms with Gasteiger partial charge < -0.3 is 0 Å². The summed E-state index contributed by atoms with van der Waals surface area (Å²) < 4.78 is 0. The summed E-state index contributed by atoms with van der Waals surface area (Å²) in [5.74, 6) is 0. The molecule has 20 heavy (non-hydrogen) atoms. The normalized spacial score (nSPS) is 14.9. The van der Waals surface area contributed by atoms with E-state index in [-0.39, 0.29) is 5.41 Å². The lowest BCUT2D eigenvalue weighted by atomic mass is 9.75. The maximum atomic E-state index is 10.7. The van der Waals surface area contributed by atoms with E-state index in [0.717, 1.165) is 17.4 Å². The summed E-state index contributed by atoms with van der Waals surface area (Å²) in [7, 11) is 0. The predicted molar refractivity (Wildman–Crippen MR) is 87.9 cm³/mol. The minimum absolute atomic E-state index is 0.284. The molecule has 110 valence electrons. The fraction of sp³-hybridized carbons (Fsp3) is 0.526. The van der Waals surface area contributed by atoms with Crippen LogP contribution >= 0.6 is 0 Å². The lowest BCUT2D eigenvalue weighted by Gasteiger charge is -2.30. The van der Waals surface area contributed by atoms with E-state index in [2.05, 4.69) is 45.0 Å². The van der Waals surface area contributed by atoms with E-state index in [1.807, 2.05) is 13.0 Å². The first-order valence-electron chi connectivity index (χ1n) is 7.79. The molecule has 0 aliphatic carbocycles. The van der Waals surface area contributed by atoms with Gasteiger partial charge >= 0.3 is 0 Å². The fourth-order valence-corrected chi connectivity index (χ4v) is 2.81. The Bertz CT molecular complexity index is 441. The largest absolute Gasteiger partial charge is 0.298 e. The molecule has 1 aromatic rings. The van der Waals surface area contributed by atoms with Crippen LogP contribution < -0.4 is 0 Å². The minimum Gasteiger partial charge on any atom is -0.298 e. The van der Waals surface area contributed by atoms with Crippen LogP contribution in [0.4, 0.5) is 0 Å². The second-order valence-electron chi connectivity index (χ2n) is 6.04. The molecule has 0 bridgehead atoms. The van der Waals surface area contributed by atoms with E-state index >= 15 is 0 Å². The summed E-state index contributed by atoms with van der Waals surface area (Å²) in [6.45, 7) is 8.73. The standard InChI is InChI=1S/C19H28O/c1-5-7-13-19(4,12-6-2)18-10-8-17(9-11-18)14-16(3)15-20/h8-11,14-15H,5-7,12-13H2,1-4H3/b16-14+. The van der Waals surface area contributed by atoms with Crippen LogP contribution in [-0.4, -0.2) is 6.29 Å². The van der Waals surface area contributed by atoms with Crippen LogP contribution in [0, 0.1) is 0 Å². The quantitative estimate of drug-likeness (QED) is 0.449. The highest BCUT2D eigenvalue weighted by molar-refractivity contribution is 5.80. The van der Waals surface area contributed by atoms with Crippen molar-refractivity contribution in [2.24, 2.45) is 0 Å². The van der Waals surface area contributed by atoms with E-state index in [1.165, 1.54) is 37.7 Å². The Morgan fingerprint density at radius 1 is 1.10 bits per heavy atom. The minimum atomic E-state index is 0.284. The van der Waals surface area contributed by atoms with Crippen LogP contribution in [0.2, 0.25) is 0 Å². The number of carbonyl (C=O) groups is 1. The zero-order valence-corrected chi connectivity index (χ0v) is 13.4. The molecule has 0 N–H and O–H groups in total. The van der Waals surface area contributed by atoms with Crippen LogP contribution in [-0.2, 0) is 10.2 Å². The van der Waals surface area contributed by atoms with E-state index in [1.54, 1.807) is 0 Å². The molecular formula is C19H28O. The lowest BCUT2D eigenvalue weighted by Crippen LogP contribution is -2.21. The van der Waals surface area contributed by atoms with Crippen molar-refractivity contribution in [2.45, 2.75) is 65.2 Å². The molecule has 0 fully saturated rings. The third kappa shape index (κ3) is 4.63. The fourth-order valence-electron chi connectivity index (χ4n) is 2.81. The summed E-state index contributed by atoms with van der Waals surface area (Å²) in [5.41, 5.74) is 3.58. The van der Waals surface area contributed by atoms with Gasteiger partial charge in [0, 0.05) is 0 Å². The number of hydrogen-bond acceptors (Lipinski definition) is 1. The van der Waals surface area contributed by atoms with Gasteiger partial charge in [-0.3, -0.25) is 4.79 Å². The maximum Gasteiger partial charge on any atom is 0.145 e. The van der Waals surface area contributed by atoms with Gasteiger partial charge in [-0.15, -0.1) is 0 Å². The molecule has 0 aliphatic rings. The van der Waals surface area contributed by atoms with Gasteiger partial charge in [0.1, 0.15) is 6.29 Å². The summed E-state index contributed by atoms with van der Waals surface area (Å²) in [6.07, 6.45) is 9.05.